The van der Waals surface area contributed by atoms with Crippen molar-refractivity contribution in [2.45, 2.75) is 78.7 Å². The summed E-state index contributed by atoms with van der Waals surface area (Å²) in [6, 6.07) is 0. The minimum atomic E-state index is -0.0400. The minimum absolute atomic E-state index is 0.00326. The molecule has 0 saturated carbocycles. The summed E-state index contributed by atoms with van der Waals surface area (Å²) < 4.78 is 2.27. The predicted molar refractivity (Wildman–Crippen MR) is 84.3 cm³/mol. The maximum Gasteiger partial charge on any atom is 0.179 e. The molecule has 0 aliphatic carbocycles. The molecule has 2 heterocycles. The van der Waals surface area contributed by atoms with Crippen molar-refractivity contribution in [3.05, 3.63) is 11.6 Å². The van der Waals surface area contributed by atoms with E-state index in [4.69, 9.17) is 9.97 Å². The van der Waals surface area contributed by atoms with Gasteiger partial charge in [0.2, 0.25) is 0 Å². The maximum atomic E-state index is 4.83. The fraction of sp³-hybridized carbons (Fsp3) is 0.750. The third-order valence-electron chi connectivity index (χ3n) is 3.36. The number of imidazole rings is 2. The summed E-state index contributed by atoms with van der Waals surface area (Å²) in [6.45, 7) is 19.7. The van der Waals surface area contributed by atoms with Crippen molar-refractivity contribution in [1.29, 1.82) is 0 Å². The molecule has 4 nitrogen and oxygen atoms in total. The largest absolute Gasteiger partial charge is 0.325 e. The van der Waals surface area contributed by atoms with Gasteiger partial charge in [0.05, 0.1) is 0 Å². The van der Waals surface area contributed by atoms with Gasteiger partial charge in [-0.2, -0.15) is 0 Å². The lowest BCUT2D eigenvalue weighted by Gasteiger charge is -2.29. The highest BCUT2D eigenvalue weighted by Crippen LogP contribution is 2.32. The summed E-state index contributed by atoms with van der Waals surface area (Å²) in [7, 11) is 0. The second-order valence-electron chi connectivity index (χ2n) is 8.70. The summed E-state index contributed by atoms with van der Waals surface area (Å²) in [5.41, 5.74) is 1.83. The molecule has 112 valence electrons. The Hall–Kier alpha value is -1.32. The highest BCUT2D eigenvalue weighted by Gasteiger charge is 2.31. The topological polar surface area (TPSA) is 46.5 Å². The van der Waals surface area contributed by atoms with Crippen LogP contribution in [-0.4, -0.2) is 19.5 Å². The lowest BCUT2D eigenvalue weighted by Crippen LogP contribution is -2.30. The van der Waals surface area contributed by atoms with E-state index in [1.54, 1.807) is 0 Å². The van der Waals surface area contributed by atoms with E-state index in [1.165, 1.54) is 0 Å². The Bertz CT molecular complexity index is 624. The number of H-pyrrole nitrogens is 1. The summed E-state index contributed by atoms with van der Waals surface area (Å²) in [4.78, 5) is 13.1. The molecule has 2 aromatic heterocycles. The predicted octanol–water partition coefficient (Wildman–Crippen LogP) is 4.11. The van der Waals surface area contributed by atoms with Crippen LogP contribution in [0.2, 0.25) is 0 Å². The molecule has 2 rings (SSSR count). The van der Waals surface area contributed by atoms with Crippen LogP contribution in [0.5, 0.6) is 0 Å². The summed E-state index contributed by atoms with van der Waals surface area (Å²) in [5.74, 6) is 2.08. The number of nitrogens with one attached hydrogen (secondary N) is 1. The first-order valence-corrected chi connectivity index (χ1v) is 7.32. The molecule has 0 aliphatic rings. The number of aromatic amines is 1. The van der Waals surface area contributed by atoms with Crippen molar-refractivity contribution in [3.8, 4) is 0 Å². The van der Waals surface area contributed by atoms with Gasteiger partial charge in [0.15, 0.2) is 11.3 Å². The van der Waals surface area contributed by atoms with Gasteiger partial charge in [-0.05, 0) is 20.8 Å². The lowest BCUT2D eigenvalue weighted by molar-refractivity contribution is 0.361. The highest BCUT2D eigenvalue weighted by atomic mass is 15.2. The van der Waals surface area contributed by atoms with Crippen LogP contribution >= 0.6 is 0 Å². The first-order valence-electron chi connectivity index (χ1n) is 7.32. The zero-order chi connectivity index (χ0) is 15.5. The monoisotopic (exact) mass is 276 g/mol. The van der Waals surface area contributed by atoms with Crippen LogP contribution in [0.15, 0.2) is 0 Å². The van der Waals surface area contributed by atoms with E-state index >= 15 is 0 Å². The molecule has 0 atom stereocenters. The number of rotatable bonds is 0. The first-order chi connectivity index (χ1) is 8.82. The van der Waals surface area contributed by atoms with Gasteiger partial charge in [-0.1, -0.05) is 41.5 Å². The summed E-state index contributed by atoms with van der Waals surface area (Å²) >= 11 is 0. The van der Waals surface area contributed by atoms with Crippen LogP contribution in [0.1, 0.15) is 74.0 Å². The molecule has 2 aromatic rings. The van der Waals surface area contributed by atoms with E-state index in [-0.39, 0.29) is 16.4 Å². The van der Waals surface area contributed by atoms with Crippen LogP contribution in [0, 0.1) is 0 Å². The molecule has 0 unspecified atom stereocenters. The number of hydrogen-bond donors (Lipinski definition) is 1. The third-order valence-corrected chi connectivity index (χ3v) is 3.36. The van der Waals surface area contributed by atoms with Crippen molar-refractivity contribution in [2.75, 3.05) is 0 Å². The lowest BCUT2D eigenvalue weighted by atomic mass is 9.94. The van der Waals surface area contributed by atoms with Gasteiger partial charge in [0.1, 0.15) is 11.6 Å². The van der Waals surface area contributed by atoms with Gasteiger partial charge >= 0.3 is 0 Å². The average Bonchev–Trinajstić information content (AvgIpc) is 2.66. The van der Waals surface area contributed by atoms with E-state index in [2.05, 4.69) is 71.9 Å². The van der Waals surface area contributed by atoms with E-state index < -0.39 is 0 Å². The van der Waals surface area contributed by atoms with Crippen molar-refractivity contribution in [2.24, 2.45) is 0 Å². The molecule has 0 bridgehead atoms. The van der Waals surface area contributed by atoms with E-state index in [0.717, 1.165) is 22.9 Å². The van der Waals surface area contributed by atoms with Crippen molar-refractivity contribution < 1.29 is 0 Å². The van der Waals surface area contributed by atoms with Crippen molar-refractivity contribution in [3.63, 3.8) is 0 Å². The van der Waals surface area contributed by atoms with Gasteiger partial charge in [-0.3, -0.25) is 0 Å². The van der Waals surface area contributed by atoms with Gasteiger partial charge in [0, 0.05) is 16.4 Å². The second-order valence-corrected chi connectivity index (χ2v) is 8.70. The van der Waals surface area contributed by atoms with Crippen LogP contribution in [0.3, 0.4) is 0 Å². The Morgan fingerprint density at radius 2 is 1.35 bits per heavy atom. The molecule has 0 radical (unpaired) electrons. The molecule has 0 saturated heterocycles. The average molecular weight is 276 g/mol. The zero-order valence-corrected chi connectivity index (χ0v) is 14.3. The van der Waals surface area contributed by atoms with Gasteiger partial charge in [-0.25, -0.2) is 9.97 Å². The van der Waals surface area contributed by atoms with Gasteiger partial charge in [-0.15, -0.1) is 0 Å². The standard InChI is InChI=1S/C16H28N4/c1-14(2,3)12-17-10-11(19-12)20(16(7,8)9)13(18-10)15(4,5)6/h1-9H3,(H,17,19). The normalized spacial score (nSPS) is 14.2. The molecular formula is C16H28N4. The minimum Gasteiger partial charge on any atom is -0.325 e. The zero-order valence-electron chi connectivity index (χ0n) is 14.3. The molecule has 0 amide bonds. The number of aromatic nitrogens is 4. The number of fused-ring (bicyclic) bond motifs is 1. The quantitative estimate of drug-likeness (QED) is 0.787. The van der Waals surface area contributed by atoms with Gasteiger partial charge in [0.25, 0.3) is 0 Å². The molecule has 20 heavy (non-hydrogen) atoms. The van der Waals surface area contributed by atoms with Gasteiger partial charge < -0.3 is 9.55 Å². The Kier molecular flexibility index (Phi) is 3.08. The number of nitrogens with zero attached hydrogens (tertiary/aromatic N) is 3. The Morgan fingerprint density at radius 3 is 1.75 bits per heavy atom. The van der Waals surface area contributed by atoms with Crippen LogP contribution in [0.4, 0.5) is 0 Å². The molecule has 4 heteroatoms. The number of hydrogen-bond acceptors (Lipinski definition) is 2. The van der Waals surface area contributed by atoms with Crippen LogP contribution in [-0.2, 0) is 16.4 Å². The second kappa shape index (κ2) is 4.09. The van der Waals surface area contributed by atoms with Crippen molar-refractivity contribution >= 4 is 11.3 Å². The fourth-order valence-electron chi connectivity index (χ4n) is 2.34. The third kappa shape index (κ3) is 2.48. The SMILES string of the molecule is CC(C)(C)c1nc2c(nc(C(C)(C)C)n2C(C)(C)C)[nH]1. The molecule has 0 aromatic carbocycles. The van der Waals surface area contributed by atoms with Crippen molar-refractivity contribution in [1.82, 2.24) is 19.5 Å². The van der Waals surface area contributed by atoms with Crippen LogP contribution < -0.4 is 0 Å². The molecule has 0 aliphatic heterocycles. The van der Waals surface area contributed by atoms with E-state index in [1.807, 2.05) is 0 Å². The molecule has 0 fully saturated rings. The molecular weight excluding hydrogens is 248 g/mol. The van der Waals surface area contributed by atoms with E-state index in [9.17, 15) is 0 Å². The smallest absolute Gasteiger partial charge is 0.179 e. The molecule has 1 N–H and O–H groups in total. The van der Waals surface area contributed by atoms with Crippen LogP contribution in [0.25, 0.3) is 11.3 Å². The summed E-state index contributed by atoms with van der Waals surface area (Å²) in [5, 5.41) is 0. The summed E-state index contributed by atoms with van der Waals surface area (Å²) in [6.07, 6.45) is 0. The fourth-order valence-corrected chi connectivity index (χ4v) is 2.34. The maximum absolute atomic E-state index is 4.83. The first kappa shape index (κ1) is 15.1. The Morgan fingerprint density at radius 1 is 0.800 bits per heavy atom. The highest BCUT2D eigenvalue weighted by molar-refractivity contribution is 5.69. The van der Waals surface area contributed by atoms with E-state index in [0.29, 0.717) is 0 Å². The Labute approximate surface area is 122 Å². The Balaban J connectivity index is 2.77. The molecule has 0 spiro atoms.